The molecule has 3 nitrogen and oxygen atoms in total. The summed E-state index contributed by atoms with van der Waals surface area (Å²) in [5, 5.41) is 23.2. The number of phenolic OH excluding ortho intramolecular Hbond substituents is 1. The maximum Gasteiger partial charge on any atom is 0.115 e. The van der Waals surface area contributed by atoms with Gasteiger partial charge in [0.2, 0.25) is 0 Å². The van der Waals surface area contributed by atoms with E-state index in [9.17, 15) is 10.2 Å². The van der Waals surface area contributed by atoms with Crippen LogP contribution in [0.25, 0.3) is 0 Å². The average molecular weight is 263 g/mol. The Kier molecular flexibility index (Phi) is 4.83. The zero-order valence-electron chi connectivity index (χ0n) is 11.7. The molecule has 0 spiro atoms. The number of rotatable bonds is 5. The molecular weight excluding hydrogens is 238 g/mol. The molecule has 1 aromatic carbocycles. The maximum absolute atomic E-state index is 10.5. The smallest absolute Gasteiger partial charge is 0.115 e. The second kappa shape index (κ2) is 6.40. The lowest BCUT2D eigenvalue weighted by Gasteiger charge is -2.36. The van der Waals surface area contributed by atoms with Crippen LogP contribution in [0.15, 0.2) is 24.3 Å². The summed E-state index contributed by atoms with van der Waals surface area (Å²) in [4.78, 5) is 0. The van der Waals surface area contributed by atoms with Crippen LogP contribution in [0.3, 0.4) is 0 Å². The summed E-state index contributed by atoms with van der Waals surface area (Å²) in [6.07, 6.45) is 5.31. The molecule has 0 aliphatic heterocycles. The molecule has 2 rings (SSSR count). The highest BCUT2D eigenvalue weighted by molar-refractivity contribution is 5.26. The van der Waals surface area contributed by atoms with Crippen molar-refractivity contribution in [1.29, 1.82) is 0 Å². The molecule has 3 N–H and O–H groups in total. The molecule has 0 bridgehead atoms. The molecule has 0 amide bonds. The third-order valence-electron chi connectivity index (χ3n) is 4.31. The van der Waals surface area contributed by atoms with Gasteiger partial charge in [0.25, 0.3) is 0 Å². The predicted octanol–water partition coefficient (Wildman–Crippen LogP) is 2.81. The van der Waals surface area contributed by atoms with Gasteiger partial charge >= 0.3 is 0 Å². The van der Waals surface area contributed by atoms with E-state index in [-0.39, 0.29) is 0 Å². The van der Waals surface area contributed by atoms with Crippen molar-refractivity contribution in [2.45, 2.75) is 51.2 Å². The summed E-state index contributed by atoms with van der Waals surface area (Å²) in [5.74, 6) is 1.09. The number of hydrogen-bond donors (Lipinski definition) is 3. The monoisotopic (exact) mass is 263 g/mol. The largest absolute Gasteiger partial charge is 0.508 e. The second-order valence-corrected chi connectivity index (χ2v) is 5.85. The fourth-order valence-electron chi connectivity index (χ4n) is 2.91. The van der Waals surface area contributed by atoms with Crippen molar-refractivity contribution in [3.8, 4) is 5.75 Å². The quantitative estimate of drug-likeness (QED) is 0.765. The molecule has 1 fully saturated rings. The first-order chi connectivity index (χ1) is 9.11. The fourth-order valence-corrected chi connectivity index (χ4v) is 2.91. The Morgan fingerprint density at radius 3 is 2.68 bits per heavy atom. The Morgan fingerprint density at radius 1 is 1.32 bits per heavy atom. The number of aliphatic hydroxyl groups is 1. The first-order valence-corrected chi connectivity index (χ1v) is 7.32. The number of nitrogens with one attached hydrogen (secondary N) is 1. The SMILES string of the molecule is CCC1CCC(O)(CNCc2cccc(O)c2)CC1. The van der Waals surface area contributed by atoms with E-state index in [1.165, 1.54) is 6.42 Å². The molecule has 3 heteroatoms. The number of benzene rings is 1. The van der Waals surface area contributed by atoms with E-state index < -0.39 is 5.60 Å². The molecule has 106 valence electrons. The van der Waals surface area contributed by atoms with Gasteiger partial charge < -0.3 is 15.5 Å². The normalized spacial score (nSPS) is 27.4. The predicted molar refractivity (Wildman–Crippen MR) is 77.0 cm³/mol. The van der Waals surface area contributed by atoms with Gasteiger partial charge in [-0.1, -0.05) is 25.5 Å². The van der Waals surface area contributed by atoms with E-state index in [0.717, 1.165) is 37.2 Å². The van der Waals surface area contributed by atoms with Gasteiger partial charge in [0, 0.05) is 13.1 Å². The van der Waals surface area contributed by atoms with Gasteiger partial charge in [-0.25, -0.2) is 0 Å². The van der Waals surface area contributed by atoms with Crippen LogP contribution in [0, 0.1) is 5.92 Å². The van der Waals surface area contributed by atoms with Gasteiger partial charge in [-0.05, 0) is 49.3 Å². The zero-order chi connectivity index (χ0) is 13.7. The summed E-state index contributed by atoms with van der Waals surface area (Å²) in [7, 11) is 0. The third kappa shape index (κ3) is 4.22. The van der Waals surface area contributed by atoms with Gasteiger partial charge in [-0.2, -0.15) is 0 Å². The average Bonchev–Trinajstić information content (AvgIpc) is 2.40. The first kappa shape index (κ1) is 14.4. The van der Waals surface area contributed by atoms with Crippen molar-refractivity contribution in [3.05, 3.63) is 29.8 Å². The van der Waals surface area contributed by atoms with Crippen molar-refractivity contribution in [1.82, 2.24) is 5.32 Å². The molecule has 0 saturated heterocycles. The molecule has 1 aliphatic rings. The number of hydrogen-bond acceptors (Lipinski definition) is 3. The van der Waals surface area contributed by atoms with Gasteiger partial charge in [-0.15, -0.1) is 0 Å². The molecule has 1 aliphatic carbocycles. The number of phenols is 1. The molecule has 1 saturated carbocycles. The minimum Gasteiger partial charge on any atom is -0.508 e. The standard InChI is InChI=1S/C16H25NO2/c1-2-13-6-8-16(19,9-7-13)12-17-11-14-4-3-5-15(18)10-14/h3-5,10,13,17-19H,2,6-9,11-12H2,1H3. The number of aromatic hydroxyl groups is 1. The lowest BCUT2D eigenvalue weighted by atomic mass is 9.78. The van der Waals surface area contributed by atoms with Crippen molar-refractivity contribution in [3.63, 3.8) is 0 Å². The van der Waals surface area contributed by atoms with Gasteiger partial charge in [0.05, 0.1) is 5.60 Å². The highest BCUT2D eigenvalue weighted by Gasteiger charge is 2.31. The van der Waals surface area contributed by atoms with E-state index >= 15 is 0 Å². The first-order valence-electron chi connectivity index (χ1n) is 7.32. The molecular formula is C16H25NO2. The van der Waals surface area contributed by atoms with E-state index in [1.807, 2.05) is 12.1 Å². The Balaban J connectivity index is 1.76. The third-order valence-corrected chi connectivity index (χ3v) is 4.31. The van der Waals surface area contributed by atoms with Gasteiger partial charge in [0.1, 0.15) is 5.75 Å². The lowest BCUT2D eigenvalue weighted by molar-refractivity contribution is -0.00881. The van der Waals surface area contributed by atoms with E-state index in [4.69, 9.17) is 0 Å². The van der Waals surface area contributed by atoms with Crippen molar-refractivity contribution < 1.29 is 10.2 Å². The van der Waals surface area contributed by atoms with Crippen LogP contribution >= 0.6 is 0 Å². The zero-order valence-corrected chi connectivity index (χ0v) is 11.7. The topological polar surface area (TPSA) is 52.5 Å². The highest BCUT2D eigenvalue weighted by Crippen LogP contribution is 2.33. The van der Waals surface area contributed by atoms with E-state index in [2.05, 4.69) is 12.2 Å². The van der Waals surface area contributed by atoms with Crippen molar-refractivity contribution in [2.24, 2.45) is 5.92 Å². The molecule has 0 radical (unpaired) electrons. The molecule has 1 aromatic rings. The van der Waals surface area contributed by atoms with E-state index in [0.29, 0.717) is 18.8 Å². The van der Waals surface area contributed by atoms with Crippen LogP contribution in [0.4, 0.5) is 0 Å². The summed E-state index contributed by atoms with van der Waals surface area (Å²) in [6, 6.07) is 7.24. The second-order valence-electron chi connectivity index (χ2n) is 5.85. The van der Waals surface area contributed by atoms with Crippen LogP contribution in [0.2, 0.25) is 0 Å². The minimum absolute atomic E-state index is 0.293. The maximum atomic E-state index is 10.5. The van der Waals surface area contributed by atoms with E-state index in [1.54, 1.807) is 12.1 Å². The summed E-state index contributed by atoms with van der Waals surface area (Å²) in [6.45, 7) is 3.56. The summed E-state index contributed by atoms with van der Waals surface area (Å²) < 4.78 is 0. The molecule has 0 atom stereocenters. The fraction of sp³-hybridized carbons (Fsp3) is 0.625. The summed E-state index contributed by atoms with van der Waals surface area (Å²) in [5.41, 5.74) is 0.508. The molecule has 0 aromatic heterocycles. The van der Waals surface area contributed by atoms with Crippen LogP contribution < -0.4 is 5.32 Å². The Labute approximate surface area is 115 Å². The lowest BCUT2D eigenvalue weighted by Crippen LogP contribution is -2.43. The molecule has 0 heterocycles. The Hall–Kier alpha value is -1.06. The van der Waals surface area contributed by atoms with Crippen molar-refractivity contribution in [2.75, 3.05) is 6.54 Å². The minimum atomic E-state index is -0.539. The van der Waals surface area contributed by atoms with Crippen LogP contribution in [-0.4, -0.2) is 22.4 Å². The highest BCUT2D eigenvalue weighted by atomic mass is 16.3. The Bertz CT molecular complexity index is 397. The Morgan fingerprint density at radius 2 is 2.05 bits per heavy atom. The summed E-state index contributed by atoms with van der Waals surface area (Å²) >= 11 is 0. The van der Waals surface area contributed by atoms with Gasteiger partial charge in [-0.3, -0.25) is 0 Å². The molecule has 19 heavy (non-hydrogen) atoms. The van der Waals surface area contributed by atoms with Gasteiger partial charge in [0.15, 0.2) is 0 Å². The molecule has 0 unspecified atom stereocenters. The van der Waals surface area contributed by atoms with Crippen LogP contribution in [-0.2, 0) is 6.54 Å². The van der Waals surface area contributed by atoms with Crippen LogP contribution in [0.5, 0.6) is 5.75 Å². The van der Waals surface area contributed by atoms with Crippen LogP contribution in [0.1, 0.15) is 44.6 Å². The van der Waals surface area contributed by atoms with Crippen molar-refractivity contribution >= 4 is 0 Å².